The fraction of sp³-hybridized carbons (Fsp3) is 0.368. The van der Waals surface area contributed by atoms with Crippen LogP contribution in [0.5, 0.6) is 5.75 Å². The van der Waals surface area contributed by atoms with Gasteiger partial charge in [0.05, 0.1) is 25.6 Å². The molecule has 7 heteroatoms. The van der Waals surface area contributed by atoms with E-state index >= 15 is 0 Å². The molecule has 1 aromatic heterocycles. The van der Waals surface area contributed by atoms with E-state index in [4.69, 9.17) is 9.47 Å². The molecule has 0 bridgehead atoms. The number of methoxy groups -OCH3 is 1. The van der Waals surface area contributed by atoms with Gasteiger partial charge in [-0.2, -0.15) is 0 Å². The predicted molar refractivity (Wildman–Crippen MR) is 102 cm³/mol. The van der Waals surface area contributed by atoms with E-state index in [1.807, 2.05) is 24.3 Å². The summed E-state index contributed by atoms with van der Waals surface area (Å²) in [6, 6.07) is 11.9. The standard InChI is InChI=1S/C19H24N4O3/c1-3-26-19(24)21-15-4-9-18(20-14-15)23-12-10-22(11-13-23)16-5-7-17(25-2)8-6-16/h4-9,14H,3,10-13H2,1-2H3,(H,21,24). The fourth-order valence-corrected chi connectivity index (χ4v) is 2.92. The molecular weight excluding hydrogens is 332 g/mol. The van der Waals surface area contributed by atoms with Crippen molar-refractivity contribution in [1.29, 1.82) is 0 Å². The molecule has 7 nitrogen and oxygen atoms in total. The molecule has 0 spiro atoms. The van der Waals surface area contributed by atoms with E-state index in [2.05, 4.69) is 32.2 Å². The van der Waals surface area contributed by atoms with Gasteiger partial charge in [-0.15, -0.1) is 0 Å². The minimum atomic E-state index is -0.463. The monoisotopic (exact) mass is 356 g/mol. The number of pyridine rings is 1. The first-order valence-corrected chi connectivity index (χ1v) is 8.73. The van der Waals surface area contributed by atoms with Crippen molar-refractivity contribution < 1.29 is 14.3 Å². The number of aromatic nitrogens is 1. The molecule has 2 heterocycles. The van der Waals surface area contributed by atoms with Crippen molar-refractivity contribution >= 4 is 23.3 Å². The Labute approximate surface area is 153 Å². The summed E-state index contributed by atoms with van der Waals surface area (Å²) >= 11 is 0. The highest BCUT2D eigenvalue weighted by Gasteiger charge is 2.18. The molecule has 2 aromatic rings. The third-order valence-corrected chi connectivity index (χ3v) is 4.31. The van der Waals surface area contributed by atoms with E-state index in [1.165, 1.54) is 5.69 Å². The Morgan fingerprint density at radius 2 is 1.77 bits per heavy atom. The van der Waals surface area contributed by atoms with Gasteiger partial charge in [0.15, 0.2) is 0 Å². The van der Waals surface area contributed by atoms with Crippen molar-refractivity contribution in [3.63, 3.8) is 0 Å². The molecular formula is C19H24N4O3. The van der Waals surface area contributed by atoms with Gasteiger partial charge in [0.1, 0.15) is 11.6 Å². The Morgan fingerprint density at radius 3 is 2.35 bits per heavy atom. The van der Waals surface area contributed by atoms with E-state index in [0.29, 0.717) is 12.3 Å². The highest BCUT2D eigenvalue weighted by Crippen LogP contribution is 2.22. The first-order chi connectivity index (χ1) is 12.7. The van der Waals surface area contributed by atoms with Crippen LogP contribution in [0.4, 0.5) is 22.0 Å². The van der Waals surface area contributed by atoms with E-state index in [1.54, 1.807) is 20.2 Å². The SMILES string of the molecule is CCOC(=O)Nc1ccc(N2CCN(c3ccc(OC)cc3)CC2)nc1. The van der Waals surface area contributed by atoms with Crippen LogP contribution in [-0.4, -0.2) is 51.0 Å². The van der Waals surface area contributed by atoms with E-state index in [0.717, 1.165) is 37.7 Å². The number of benzene rings is 1. The maximum atomic E-state index is 11.4. The number of rotatable bonds is 5. The number of piperazine rings is 1. The second-order valence-electron chi connectivity index (χ2n) is 5.92. The Hall–Kier alpha value is -2.96. The van der Waals surface area contributed by atoms with Crippen molar-refractivity contribution in [2.75, 3.05) is 55.0 Å². The predicted octanol–water partition coefficient (Wildman–Crippen LogP) is 2.99. The zero-order valence-corrected chi connectivity index (χ0v) is 15.1. The van der Waals surface area contributed by atoms with Gasteiger partial charge in [-0.3, -0.25) is 5.32 Å². The van der Waals surface area contributed by atoms with Crippen LogP contribution in [0.3, 0.4) is 0 Å². The summed E-state index contributed by atoms with van der Waals surface area (Å²) in [4.78, 5) is 20.5. The van der Waals surface area contributed by atoms with Crippen LogP contribution in [0.2, 0.25) is 0 Å². The number of ether oxygens (including phenoxy) is 2. The molecule has 3 rings (SSSR count). The number of anilines is 3. The lowest BCUT2D eigenvalue weighted by Crippen LogP contribution is -2.46. The first kappa shape index (κ1) is 17.8. The highest BCUT2D eigenvalue weighted by atomic mass is 16.5. The average molecular weight is 356 g/mol. The normalized spacial score (nSPS) is 14.1. The highest BCUT2D eigenvalue weighted by molar-refractivity contribution is 5.84. The number of carbonyl (C=O) groups is 1. The summed E-state index contributed by atoms with van der Waals surface area (Å²) in [6.07, 6.45) is 1.19. The molecule has 1 N–H and O–H groups in total. The van der Waals surface area contributed by atoms with E-state index < -0.39 is 6.09 Å². The number of amides is 1. The van der Waals surface area contributed by atoms with Crippen LogP contribution in [0.1, 0.15) is 6.92 Å². The van der Waals surface area contributed by atoms with Crippen molar-refractivity contribution in [1.82, 2.24) is 4.98 Å². The average Bonchev–Trinajstić information content (AvgIpc) is 2.69. The molecule has 0 aliphatic carbocycles. The lowest BCUT2D eigenvalue weighted by Gasteiger charge is -2.36. The largest absolute Gasteiger partial charge is 0.497 e. The molecule has 26 heavy (non-hydrogen) atoms. The molecule has 0 atom stereocenters. The van der Waals surface area contributed by atoms with Gasteiger partial charge >= 0.3 is 6.09 Å². The minimum Gasteiger partial charge on any atom is -0.497 e. The second-order valence-corrected chi connectivity index (χ2v) is 5.92. The number of hydrogen-bond acceptors (Lipinski definition) is 6. The number of hydrogen-bond donors (Lipinski definition) is 1. The number of nitrogens with zero attached hydrogens (tertiary/aromatic N) is 3. The van der Waals surface area contributed by atoms with Crippen molar-refractivity contribution in [2.24, 2.45) is 0 Å². The maximum Gasteiger partial charge on any atom is 0.411 e. The van der Waals surface area contributed by atoms with E-state index in [9.17, 15) is 4.79 Å². The van der Waals surface area contributed by atoms with Crippen LogP contribution < -0.4 is 19.9 Å². The van der Waals surface area contributed by atoms with Crippen molar-refractivity contribution in [2.45, 2.75) is 6.92 Å². The summed E-state index contributed by atoms with van der Waals surface area (Å²) < 4.78 is 10.1. The first-order valence-electron chi connectivity index (χ1n) is 8.73. The Morgan fingerprint density at radius 1 is 1.08 bits per heavy atom. The quantitative estimate of drug-likeness (QED) is 0.888. The molecule has 0 unspecified atom stereocenters. The molecule has 0 saturated carbocycles. The topological polar surface area (TPSA) is 66.9 Å². The summed E-state index contributed by atoms with van der Waals surface area (Å²) in [6.45, 7) is 5.75. The molecule has 1 saturated heterocycles. The smallest absolute Gasteiger partial charge is 0.411 e. The fourth-order valence-electron chi connectivity index (χ4n) is 2.92. The lowest BCUT2D eigenvalue weighted by atomic mass is 10.2. The lowest BCUT2D eigenvalue weighted by molar-refractivity contribution is 0.168. The summed E-state index contributed by atoms with van der Waals surface area (Å²) in [5.74, 6) is 1.78. The van der Waals surface area contributed by atoms with Crippen molar-refractivity contribution in [3.8, 4) is 5.75 Å². The van der Waals surface area contributed by atoms with Gasteiger partial charge < -0.3 is 19.3 Å². The minimum absolute atomic E-state index is 0.343. The van der Waals surface area contributed by atoms with Crippen LogP contribution in [-0.2, 0) is 4.74 Å². The maximum absolute atomic E-state index is 11.4. The Kier molecular flexibility index (Phi) is 5.78. The number of nitrogens with one attached hydrogen (secondary N) is 1. The third-order valence-electron chi connectivity index (χ3n) is 4.31. The second kappa shape index (κ2) is 8.42. The third kappa shape index (κ3) is 4.36. The van der Waals surface area contributed by atoms with E-state index in [-0.39, 0.29) is 0 Å². The van der Waals surface area contributed by atoms with Crippen molar-refractivity contribution in [3.05, 3.63) is 42.6 Å². The summed E-state index contributed by atoms with van der Waals surface area (Å²) in [5.41, 5.74) is 1.83. The zero-order chi connectivity index (χ0) is 18.4. The van der Waals surface area contributed by atoms with Gasteiger partial charge in [-0.1, -0.05) is 0 Å². The van der Waals surface area contributed by atoms with Crippen LogP contribution in [0.25, 0.3) is 0 Å². The summed E-state index contributed by atoms with van der Waals surface area (Å²) in [5, 5.41) is 2.65. The Bertz CT molecular complexity index is 711. The molecule has 1 aliphatic rings. The van der Waals surface area contributed by atoms with Gasteiger partial charge in [-0.05, 0) is 43.3 Å². The zero-order valence-electron chi connectivity index (χ0n) is 15.1. The Balaban J connectivity index is 1.54. The molecule has 1 aliphatic heterocycles. The molecule has 1 amide bonds. The van der Waals surface area contributed by atoms with Crippen LogP contribution in [0.15, 0.2) is 42.6 Å². The van der Waals surface area contributed by atoms with Gasteiger partial charge in [0.2, 0.25) is 0 Å². The van der Waals surface area contributed by atoms with Gasteiger partial charge in [-0.25, -0.2) is 9.78 Å². The van der Waals surface area contributed by atoms with Gasteiger partial charge in [0.25, 0.3) is 0 Å². The van der Waals surface area contributed by atoms with Crippen LogP contribution in [0, 0.1) is 0 Å². The molecule has 0 radical (unpaired) electrons. The number of carbonyl (C=O) groups excluding carboxylic acids is 1. The molecule has 138 valence electrons. The van der Waals surface area contributed by atoms with Crippen LogP contribution >= 0.6 is 0 Å². The van der Waals surface area contributed by atoms with Gasteiger partial charge in [0, 0.05) is 31.9 Å². The summed E-state index contributed by atoms with van der Waals surface area (Å²) in [7, 11) is 1.67. The molecule has 1 aromatic carbocycles. The molecule has 1 fully saturated rings.